The number of likely N-dealkylation sites (N-methyl/N-ethyl adjacent to an activating group) is 1. The van der Waals surface area contributed by atoms with E-state index in [-0.39, 0.29) is 5.56 Å². The van der Waals surface area contributed by atoms with E-state index in [2.05, 4.69) is 49.5 Å². The first-order valence-electron chi connectivity index (χ1n) is 6.04. The Morgan fingerprint density at radius 1 is 1.39 bits per heavy atom. The molecule has 0 spiro atoms. The summed E-state index contributed by atoms with van der Waals surface area (Å²) in [5, 5.41) is 0. The van der Waals surface area contributed by atoms with Crippen molar-refractivity contribution in [2.45, 2.75) is 13.8 Å². The molecule has 0 saturated carbocycles. The average molecular weight is 317 g/mol. The highest BCUT2D eigenvalue weighted by atomic mass is 79.9. The van der Waals surface area contributed by atoms with Crippen molar-refractivity contribution < 1.29 is 0 Å². The molecule has 1 heterocycles. The average Bonchev–Trinajstić information content (AvgIpc) is 2.27. The van der Waals surface area contributed by atoms with Crippen molar-refractivity contribution in [3.8, 4) is 0 Å². The fourth-order valence-corrected chi connectivity index (χ4v) is 2.11. The molecule has 5 nitrogen and oxygen atoms in total. The van der Waals surface area contributed by atoms with Crippen molar-refractivity contribution in [3.05, 3.63) is 21.2 Å². The molecule has 18 heavy (non-hydrogen) atoms. The van der Waals surface area contributed by atoms with Crippen LogP contribution in [0.2, 0.25) is 0 Å². The van der Waals surface area contributed by atoms with Crippen molar-refractivity contribution in [1.29, 1.82) is 0 Å². The number of rotatable bonds is 6. The van der Waals surface area contributed by atoms with Crippen LogP contribution in [-0.4, -0.2) is 48.6 Å². The molecule has 0 saturated heterocycles. The van der Waals surface area contributed by atoms with E-state index >= 15 is 0 Å². The molecule has 1 aromatic heterocycles. The summed E-state index contributed by atoms with van der Waals surface area (Å²) >= 11 is 3.32. The molecule has 0 aliphatic heterocycles. The van der Waals surface area contributed by atoms with E-state index in [9.17, 15) is 4.79 Å². The van der Waals surface area contributed by atoms with E-state index in [1.54, 1.807) is 0 Å². The van der Waals surface area contributed by atoms with Crippen molar-refractivity contribution in [3.63, 3.8) is 0 Å². The minimum atomic E-state index is -0.140. The van der Waals surface area contributed by atoms with Gasteiger partial charge in [-0.1, -0.05) is 13.8 Å². The lowest BCUT2D eigenvalue weighted by molar-refractivity contribution is 0.408. The quantitative estimate of drug-likeness (QED) is 0.865. The van der Waals surface area contributed by atoms with E-state index in [1.807, 2.05) is 14.1 Å². The second-order valence-corrected chi connectivity index (χ2v) is 5.81. The zero-order chi connectivity index (χ0) is 13.7. The minimum absolute atomic E-state index is 0.140. The summed E-state index contributed by atoms with van der Waals surface area (Å²) in [5.41, 5.74) is -0.140. The molecule has 102 valence electrons. The van der Waals surface area contributed by atoms with Crippen LogP contribution >= 0.6 is 15.9 Å². The molecule has 0 fully saturated rings. The predicted octanol–water partition coefficient (Wildman–Crippen LogP) is 1.56. The third kappa shape index (κ3) is 4.42. The summed E-state index contributed by atoms with van der Waals surface area (Å²) in [6, 6.07) is 0. The Morgan fingerprint density at radius 3 is 2.61 bits per heavy atom. The van der Waals surface area contributed by atoms with Gasteiger partial charge in [0.15, 0.2) is 0 Å². The lowest BCUT2D eigenvalue weighted by Crippen LogP contribution is -2.36. The lowest BCUT2D eigenvalue weighted by Gasteiger charge is -2.27. The van der Waals surface area contributed by atoms with Crippen molar-refractivity contribution >= 4 is 21.7 Å². The number of nitrogens with one attached hydrogen (secondary N) is 1. The minimum Gasteiger partial charge on any atom is -0.354 e. The van der Waals surface area contributed by atoms with Crippen molar-refractivity contribution in [2.24, 2.45) is 5.92 Å². The molecule has 1 rings (SSSR count). The van der Waals surface area contributed by atoms with Crippen LogP contribution in [0.25, 0.3) is 0 Å². The number of halogens is 1. The third-order valence-corrected chi connectivity index (χ3v) is 3.20. The van der Waals surface area contributed by atoms with Crippen LogP contribution in [0.3, 0.4) is 0 Å². The molecule has 1 aromatic rings. The van der Waals surface area contributed by atoms with Crippen molar-refractivity contribution in [1.82, 2.24) is 14.9 Å². The number of anilines is 1. The SMILES string of the molecule is CC(C)CN(CCN(C)C)c1nc[nH]c(=O)c1Br. The van der Waals surface area contributed by atoms with Crippen LogP contribution in [0.1, 0.15) is 13.8 Å². The lowest BCUT2D eigenvalue weighted by atomic mass is 10.2. The van der Waals surface area contributed by atoms with Gasteiger partial charge in [0.1, 0.15) is 10.3 Å². The zero-order valence-electron chi connectivity index (χ0n) is 11.4. The second kappa shape index (κ2) is 6.89. The van der Waals surface area contributed by atoms with Gasteiger partial charge in [0.05, 0.1) is 6.33 Å². The number of hydrogen-bond acceptors (Lipinski definition) is 4. The Hall–Kier alpha value is -0.880. The zero-order valence-corrected chi connectivity index (χ0v) is 13.0. The number of aromatic nitrogens is 2. The fourth-order valence-electron chi connectivity index (χ4n) is 1.64. The summed E-state index contributed by atoms with van der Waals surface area (Å²) in [6.45, 7) is 6.96. The largest absolute Gasteiger partial charge is 0.354 e. The maximum Gasteiger partial charge on any atom is 0.267 e. The van der Waals surface area contributed by atoms with E-state index in [0.29, 0.717) is 16.2 Å². The van der Waals surface area contributed by atoms with Gasteiger partial charge in [0, 0.05) is 19.6 Å². The molecular formula is C12H21BrN4O. The van der Waals surface area contributed by atoms with Crippen LogP contribution in [0.15, 0.2) is 15.6 Å². The first-order chi connectivity index (χ1) is 8.41. The Morgan fingerprint density at radius 2 is 2.06 bits per heavy atom. The first-order valence-corrected chi connectivity index (χ1v) is 6.84. The van der Waals surface area contributed by atoms with Gasteiger partial charge < -0.3 is 14.8 Å². The molecule has 0 radical (unpaired) electrons. The molecular weight excluding hydrogens is 296 g/mol. The molecule has 0 atom stereocenters. The van der Waals surface area contributed by atoms with Crippen LogP contribution in [0.5, 0.6) is 0 Å². The first kappa shape index (κ1) is 15.2. The highest BCUT2D eigenvalue weighted by Gasteiger charge is 2.15. The van der Waals surface area contributed by atoms with Gasteiger partial charge in [-0.25, -0.2) is 4.98 Å². The van der Waals surface area contributed by atoms with Gasteiger partial charge in [0.25, 0.3) is 5.56 Å². The molecule has 0 unspecified atom stereocenters. The Kier molecular flexibility index (Phi) is 5.81. The number of nitrogens with zero attached hydrogens (tertiary/aromatic N) is 3. The van der Waals surface area contributed by atoms with Crippen LogP contribution in [-0.2, 0) is 0 Å². The predicted molar refractivity (Wildman–Crippen MR) is 78.2 cm³/mol. The van der Waals surface area contributed by atoms with Gasteiger partial charge in [-0.15, -0.1) is 0 Å². The Balaban J connectivity index is 2.94. The van der Waals surface area contributed by atoms with Gasteiger partial charge in [-0.2, -0.15) is 0 Å². The van der Waals surface area contributed by atoms with Crippen LogP contribution < -0.4 is 10.5 Å². The van der Waals surface area contributed by atoms with Crippen LogP contribution in [0.4, 0.5) is 5.82 Å². The maximum absolute atomic E-state index is 11.6. The number of aromatic amines is 1. The molecule has 6 heteroatoms. The van der Waals surface area contributed by atoms with Gasteiger partial charge in [-0.3, -0.25) is 4.79 Å². The Labute approximate surface area is 116 Å². The van der Waals surface area contributed by atoms with E-state index in [4.69, 9.17) is 0 Å². The smallest absolute Gasteiger partial charge is 0.267 e. The molecule has 0 aliphatic carbocycles. The summed E-state index contributed by atoms with van der Waals surface area (Å²) in [5.74, 6) is 1.23. The van der Waals surface area contributed by atoms with E-state index < -0.39 is 0 Å². The topological polar surface area (TPSA) is 52.2 Å². The van der Waals surface area contributed by atoms with Gasteiger partial charge >= 0.3 is 0 Å². The second-order valence-electron chi connectivity index (χ2n) is 5.01. The molecule has 0 aliphatic rings. The molecule has 0 aromatic carbocycles. The number of H-pyrrole nitrogens is 1. The van der Waals surface area contributed by atoms with Gasteiger partial charge in [0.2, 0.25) is 0 Å². The standard InChI is InChI=1S/C12H21BrN4O/c1-9(2)7-17(6-5-16(3)4)11-10(13)12(18)15-8-14-11/h8-9H,5-7H2,1-4H3,(H,14,15,18). The summed E-state index contributed by atoms with van der Waals surface area (Å²) in [7, 11) is 4.07. The molecule has 0 bridgehead atoms. The molecule has 1 N–H and O–H groups in total. The normalized spacial score (nSPS) is 11.3. The van der Waals surface area contributed by atoms with Crippen LogP contribution in [0, 0.1) is 5.92 Å². The summed E-state index contributed by atoms with van der Waals surface area (Å²) < 4.78 is 0.504. The van der Waals surface area contributed by atoms with Crippen molar-refractivity contribution in [2.75, 3.05) is 38.6 Å². The monoisotopic (exact) mass is 316 g/mol. The van der Waals surface area contributed by atoms with E-state index in [1.165, 1.54) is 6.33 Å². The van der Waals surface area contributed by atoms with Gasteiger partial charge in [-0.05, 0) is 35.9 Å². The van der Waals surface area contributed by atoms with E-state index in [0.717, 1.165) is 19.6 Å². The molecule has 0 amide bonds. The number of hydrogen-bond donors (Lipinski definition) is 1. The third-order valence-electron chi connectivity index (χ3n) is 2.48. The summed E-state index contributed by atoms with van der Waals surface area (Å²) in [4.78, 5) is 22.7. The Bertz CT molecular complexity index is 430. The highest BCUT2D eigenvalue weighted by molar-refractivity contribution is 9.10. The summed E-state index contributed by atoms with van der Waals surface area (Å²) in [6.07, 6.45) is 1.45. The maximum atomic E-state index is 11.6. The fraction of sp³-hybridized carbons (Fsp3) is 0.667. The highest BCUT2D eigenvalue weighted by Crippen LogP contribution is 2.19.